The van der Waals surface area contributed by atoms with Crippen molar-refractivity contribution in [3.8, 4) is 5.88 Å². The van der Waals surface area contributed by atoms with Gasteiger partial charge >= 0.3 is 0 Å². The first kappa shape index (κ1) is 16.8. The first-order valence-electron chi connectivity index (χ1n) is 7.06. The summed E-state index contributed by atoms with van der Waals surface area (Å²) < 4.78 is 2.31. The zero-order valence-electron chi connectivity index (χ0n) is 12.9. The smallest absolute Gasteiger partial charge is 0.295 e. The van der Waals surface area contributed by atoms with Gasteiger partial charge in [0.25, 0.3) is 11.6 Å². The molecule has 0 saturated heterocycles. The predicted octanol–water partition coefficient (Wildman–Crippen LogP) is 4.48. The van der Waals surface area contributed by atoms with E-state index in [0.29, 0.717) is 5.39 Å². The van der Waals surface area contributed by atoms with Gasteiger partial charge in [0.05, 0.1) is 16.0 Å². The maximum atomic E-state index is 12.1. The molecule has 0 spiro atoms. The van der Waals surface area contributed by atoms with Crippen LogP contribution in [-0.4, -0.2) is 20.5 Å². The fraction of sp³-hybridized carbons (Fsp3) is 0.0625. The topological polar surface area (TPSA) is 110 Å². The van der Waals surface area contributed by atoms with Crippen molar-refractivity contribution in [1.82, 2.24) is 4.57 Å². The number of nitrogens with zero attached hydrogens (tertiary/aromatic N) is 4. The van der Waals surface area contributed by atoms with Gasteiger partial charge in [-0.3, -0.25) is 14.9 Å². The lowest BCUT2D eigenvalue weighted by Gasteiger charge is -1.96. The number of rotatable bonds is 3. The van der Waals surface area contributed by atoms with E-state index >= 15 is 0 Å². The van der Waals surface area contributed by atoms with Crippen molar-refractivity contribution in [2.75, 3.05) is 0 Å². The Balaban J connectivity index is 2.00. The molecule has 9 heteroatoms. The summed E-state index contributed by atoms with van der Waals surface area (Å²) in [5.74, 6) is -0.876. The van der Waals surface area contributed by atoms with Crippen molar-refractivity contribution in [3.63, 3.8) is 0 Å². The van der Waals surface area contributed by atoms with Crippen molar-refractivity contribution in [3.05, 3.63) is 62.6 Å². The van der Waals surface area contributed by atoms with Crippen molar-refractivity contribution < 1.29 is 14.8 Å². The van der Waals surface area contributed by atoms with Gasteiger partial charge in [-0.1, -0.05) is 22.0 Å². The molecule has 1 aromatic heterocycles. The number of hydrogen-bond acceptors (Lipinski definition) is 5. The van der Waals surface area contributed by atoms with Crippen molar-refractivity contribution >= 4 is 44.1 Å². The van der Waals surface area contributed by atoms with Crippen LogP contribution in [0.25, 0.3) is 10.9 Å². The molecule has 0 bridgehead atoms. The second-order valence-corrected chi connectivity index (χ2v) is 6.12. The number of aromatic nitrogens is 1. The highest BCUT2D eigenvalue weighted by molar-refractivity contribution is 9.10. The maximum Gasteiger partial charge on any atom is 0.295 e. The molecule has 0 fully saturated rings. The number of aromatic hydroxyl groups is 1. The fourth-order valence-corrected chi connectivity index (χ4v) is 2.75. The molecule has 126 valence electrons. The molecule has 0 unspecified atom stereocenters. The Labute approximate surface area is 149 Å². The molecule has 0 aliphatic heterocycles. The van der Waals surface area contributed by atoms with Gasteiger partial charge in [0.1, 0.15) is 0 Å². The minimum atomic E-state index is -0.741. The largest absolute Gasteiger partial charge is 0.493 e. The quantitative estimate of drug-likeness (QED) is 0.395. The Morgan fingerprint density at radius 3 is 2.76 bits per heavy atom. The zero-order valence-corrected chi connectivity index (χ0v) is 14.5. The molecule has 1 N–H and O–H groups in total. The van der Waals surface area contributed by atoms with Crippen LogP contribution >= 0.6 is 15.9 Å². The molecule has 3 rings (SSSR count). The molecule has 2 aromatic carbocycles. The Morgan fingerprint density at radius 1 is 1.28 bits per heavy atom. The van der Waals surface area contributed by atoms with Gasteiger partial charge in [-0.2, -0.15) is 0 Å². The summed E-state index contributed by atoms with van der Waals surface area (Å²) in [7, 11) is 1.66. The summed E-state index contributed by atoms with van der Waals surface area (Å²) in [5, 5.41) is 29.1. The number of hydrogen-bond donors (Lipinski definition) is 1. The summed E-state index contributed by atoms with van der Waals surface area (Å²) >= 11 is 3.34. The average Bonchev–Trinajstić information content (AvgIpc) is 2.83. The van der Waals surface area contributed by atoms with Crippen molar-refractivity contribution in [2.45, 2.75) is 0 Å². The normalized spacial score (nSPS) is 11.3. The number of benzene rings is 2. The number of nitro benzene ring substituents is 1. The van der Waals surface area contributed by atoms with Gasteiger partial charge in [0.15, 0.2) is 5.69 Å². The summed E-state index contributed by atoms with van der Waals surface area (Å²) in [4.78, 5) is 22.3. The second kappa shape index (κ2) is 6.44. The molecule has 0 radical (unpaired) electrons. The van der Waals surface area contributed by atoms with E-state index in [1.54, 1.807) is 19.2 Å². The SMILES string of the molecule is Cn1c(O)c(N=NC(=O)c2cccc([N+](=O)[O-])c2)c2cc(Br)ccc21. The van der Waals surface area contributed by atoms with E-state index in [1.807, 2.05) is 6.07 Å². The standard InChI is InChI=1S/C16H11BrN4O4/c1-20-13-6-5-10(17)8-12(13)14(16(20)23)18-19-15(22)9-3-2-4-11(7-9)21(24)25/h2-8,23H,1H3. The lowest BCUT2D eigenvalue weighted by Crippen LogP contribution is -1.95. The molecule has 25 heavy (non-hydrogen) atoms. The molecule has 0 saturated carbocycles. The molecule has 1 amide bonds. The Kier molecular flexibility index (Phi) is 4.32. The zero-order chi connectivity index (χ0) is 18.1. The van der Waals surface area contributed by atoms with E-state index in [-0.39, 0.29) is 22.8 Å². The number of halogens is 1. The molecule has 1 heterocycles. The number of non-ortho nitro benzene ring substituents is 1. The fourth-order valence-electron chi connectivity index (χ4n) is 2.39. The number of azo groups is 1. The van der Waals surface area contributed by atoms with Crippen LogP contribution in [0.1, 0.15) is 10.4 Å². The first-order valence-corrected chi connectivity index (χ1v) is 7.85. The molecule has 0 aliphatic rings. The van der Waals surface area contributed by atoms with E-state index in [2.05, 4.69) is 26.2 Å². The van der Waals surface area contributed by atoms with Crippen LogP contribution in [0.5, 0.6) is 5.88 Å². The van der Waals surface area contributed by atoms with E-state index in [1.165, 1.54) is 22.8 Å². The monoisotopic (exact) mass is 402 g/mol. The van der Waals surface area contributed by atoms with Crippen LogP contribution in [0.2, 0.25) is 0 Å². The molecular weight excluding hydrogens is 392 g/mol. The lowest BCUT2D eigenvalue weighted by atomic mass is 10.2. The summed E-state index contributed by atoms with van der Waals surface area (Å²) in [6.45, 7) is 0. The number of fused-ring (bicyclic) bond motifs is 1. The van der Waals surface area contributed by atoms with Gasteiger partial charge in [0.2, 0.25) is 5.88 Å². The number of carbonyl (C=O) groups is 1. The van der Waals surface area contributed by atoms with Crippen LogP contribution in [0.15, 0.2) is 57.2 Å². The van der Waals surface area contributed by atoms with Gasteiger partial charge in [0, 0.05) is 29.0 Å². The summed E-state index contributed by atoms with van der Waals surface area (Å²) in [5.41, 5.74) is 0.701. The highest BCUT2D eigenvalue weighted by Gasteiger charge is 2.16. The number of nitro groups is 1. The van der Waals surface area contributed by atoms with E-state index in [9.17, 15) is 20.0 Å². The van der Waals surface area contributed by atoms with Crippen LogP contribution in [-0.2, 0) is 7.05 Å². The Hall–Kier alpha value is -3.07. The Bertz CT molecular complexity index is 1040. The minimum Gasteiger partial charge on any atom is -0.493 e. The van der Waals surface area contributed by atoms with E-state index < -0.39 is 10.8 Å². The summed E-state index contributed by atoms with van der Waals surface area (Å²) in [6, 6.07) is 10.6. The molecular formula is C16H11BrN4O4. The van der Waals surface area contributed by atoms with Crippen molar-refractivity contribution in [1.29, 1.82) is 0 Å². The van der Waals surface area contributed by atoms with Gasteiger partial charge in [-0.05, 0) is 24.3 Å². The van der Waals surface area contributed by atoms with Gasteiger partial charge < -0.3 is 9.67 Å². The number of aryl methyl sites for hydroxylation is 1. The lowest BCUT2D eigenvalue weighted by molar-refractivity contribution is -0.384. The van der Waals surface area contributed by atoms with E-state index in [4.69, 9.17) is 0 Å². The van der Waals surface area contributed by atoms with Crippen LogP contribution in [0.3, 0.4) is 0 Å². The van der Waals surface area contributed by atoms with Crippen LogP contribution in [0, 0.1) is 10.1 Å². The summed E-state index contributed by atoms with van der Waals surface area (Å²) in [6.07, 6.45) is 0. The van der Waals surface area contributed by atoms with Crippen LogP contribution < -0.4 is 0 Å². The third-order valence-corrected chi connectivity index (χ3v) is 4.14. The second-order valence-electron chi connectivity index (χ2n) is 5.21. The molecule has 8 nitrogen and oxygen atoms in total. The molecule has 3 aromatic rings. The van der Waals surface area contributed by atoms with Crippen LogP contribution in [0.4, 0.5) is 11.4 Å². The third-order valence-electron chi connectivity index (χ3n) is 3.65. The van der Waals surface area contributed by atoms with Gasteiger partial charge in [-0.25, -0.2) is 0 Å². The van der Waals surface area contributed by atoms with Gasteiger partial charge in [-0.15, -0.1) is 10.2 Å². The predicted molar refractivity (Wildman–Crippen MR) is 94.2 cm³/mol. The molecule has 0 aliphatic carbocycles. The Morgan fingerprint density at radius 2 is 2.04 bits per heavy atom. The number of carbonyl (C=O) groups excluding carboxylic acids is 1. The van der Waals surface area contributed by atoms with Crippen molar-refractivity contribution in [2.24, 2.45) is 17.3 Å². The molecule has 0 atom stereocenters. The minimum absolute atomic E-state index is 0.0406. The maximum absolute atomic E-state index is 12.1. The highest BCUT2D eigenvalue weighted by atomic mass is 79.9. The third kappa shape index (κ3) is 3.13. The average molecular weight is 403 g/mol. The number of amides is 1. The first-order chi connectivity index (χ1) is 11.9. The van der Waals surface area contributed by atoms with E-state index in [0.717, 1.165) is 16.1 Å². The highest BCUT2D eigenvalue weighted by Crippen LogP contribution is 2.39.